The average molecular weight is 256 g/mol. The Labute approximate surface area is 102 Å². The molecule has 0 spiro atoms. The minimum Gasteiger partial charge on any atom is -0.383 e. The van der Waals surface area contributed by atoms with E-state index < -0.39 is 17.7 Å². The van der Waals surface area contributed by atoms with Crippen LogP contribution < -0.4 is 0 Å². The molecule has 17 heavy (non-hydrogen) atoms. The molecular formula is C12H8ClF2NO. The fourth-order valence-electron chi connectivity index (χ4n) is 1.50. The van der Waals surface area contributed by atoms with Crippen LogP contribution in [0, 0.1) is 11.6 Å². The molecule has 0 fully saturated rings. The number of aliphatic hydroxyl groups excluding tert-OH is 1. The maximum Gasteiger partial charge on any atom is 0.147 e. The molecule has 2 nitrogen and oxygen atoms in total. The van der Waals surface area contributed by atoms with Crippen LogP contribution in [0.5, 0.6) is 0 Å². The largest absolute Gasteiger partial charge is 0.383 e. The number of hydrogen-bond acceptors (Lipinski definition) is 2. The minimum absolute atomic E-state index is 0.00694. The fraction of sp³-hybridized carbons (Fsp3) is 0.0833. The van der Waals surface area contributed by atoms with Crippen molar-refractivity contribution in [2.24, 2.45) is 0 Å². The molecular weight excluding hydrogens is 248 g/mol. The van der Waals surface area contributed by atoms with Crippen LogP contribution in [0.1, 0.15) is 17.2 Å². The van der Waals surface area contributed by atoms with Crippen molar-refractivity contribution in [2.75, 3.05) is 0 Å². The minimum atomic E-state index is -1.32. The standard InChI is InChI=1S/C12H8ClF2NO/c13-10-2-1-7(14)5-9(10)12(17)8-3-4-16-6-11(8)15/h1-6,12,17H. The second kappa shape index (κ2) is 4.77. The Bertz CT molecular complexity index is 548. The van der Waals surface area contributed by atoms with Crippen LogP contribution >= 0.6 is 11.6 Å². The molecule has 1 aromatic carbocycles. The van der Waals surface area contributed by atoms with Gasteiger partial charge in [-0.15, -0.1) is 0 Å². The van der Waals surface area contributed by atoms with E-state index >= 15 is 0 Å². The van der Waals surface area contributed by atoms with Crippen molar-refractivity contribution in [3.05, 3.63) is 64.4 Å². The van der Waals surface area contributed by atoms with Gasteiger partial charge in [-0.3, -0.25) is 4.98 Å². The molecule has 0 saturated carbocycles. The van der Waals surface area contributed by atoms with Crippen molar-refractivity contribution >= 4 is 11.6 Å². The molecule has 0 amide bonds. The number of pyridine rings is 1. The molecule has 2 rings (SSSR count). The number of rotatable bonds is 2. The van der Waals surface area contributed by atoms with E-state index in [1.807, 2.05) is 0 Å². The molecule has 0 saturated heterocycles. The number of nitrogens with zero attached hydrogens (tertiary/aromatic N) is 1. The summed E-state index contributed by atoms with van der Waals surface area (Å²) in [5.41, 5.74) is 0.129. The lowest BCUT2D eigenvalue weighted by atomic mass is 10.0. The van der Waals surface area contributed by atoms with Crippen LogP contribution in [0.15, 0.2) is 36.7 Å². The molecule has 5 heteroatoms. The van der Waals surface area contributed by atoms with Crippen molar-refractivity contribution in [2.45, 2.75) is 6.10 Å². The van der Waals surface area contributed by atoms with E-state index in [1.165, 1.54) is 24.4 Å². The van der Waals surface area contributed by atoms with Gasteiger partial charge in [0.1, 0.15) is 17.7 Å². The maximum atomic E-state index is 13.4. The third-order valence-electron chi connectivity index (χ3n) is 2.35. The van der Waals surface area contributed by atoms with Crippen molar-refractivity contribution < 1.29 is 13.9 Å². The molecule has 0 aliphatic carbocycles. The fourth-order valence-corrected chi connectivity index (χ4v) is 1.72. The van der Waals surface area contributed by atoms with Crippen molar-refractivity contribution in [3.63, 3.8) is 0 Å². The van der Waals surface area contributed by atoms with Crippen LogP contribution in [0.25, 0.3) is 0 Å². The predicted octanol–water partition coefficient (Wildman–Crippen LogP) is 3.09. The Hall–Kier alpha value is -1.52. The highest BCUT2D eigenvalue weighted by Gasteiger charge is 2.18. The summed E-state index contributed by atoms with van der Waals surface area (Å²) in [4.78, 5) is 3.57. The Morgan fingerprint density at radius 1 is 1.18 bits per heavy atom. The van der Waals surface area contributed by atoms with Gasteiger partial charge in [-0.2, -0.15) is 0 Å². The lowest BCUT2D eigenvalue weighted by molar-refractivity contribution is 0.214. The zero-order chi connectivity index (χ0) is 12.4. The van der Waals surface area contributed by atoms with Crippen molar-refractivity contribution in [3.8, 4) is 0 Å². The van der Waals surface area contributed by atoms with Gasteiger partial charge in [0, 0.05) is 22.3 Å². The summed E-state index contributed by atoms with van der Waals surface area (Å²) in [6.07, 6.45) is 1.00. The van der Waals surface area contributed by atoms with Crippen LogP contribution in [0.2, 0.25) is 5.02 Å². The van der Waals surface area contributed by atoms with Gasteiger partial charge in [-0.1, -0.05) is 11.6 Å². The van der Waals surface area contributed by atoms with E-state index in [1.54, 1.807) is 0 Å². The molecule has 1 heterocycles. The third-order valence-corrected chi connectivity index (χ3v) is 2.70. The Kier molecular flexibility index (Phi) is 3.36. The van der Waals surface area contributed by atoms with Gasteiger partial charge >= 0.3 is 0 Å². The van der Waals surface area contributed by atoms with Gasteiger partial charge in [0.05, 0.1) is 6.20 Å². The predicted molar refractivity (Wildman–Crippen MR) is 59.7 cm³/mol. The Morgan fingerprint density at radius 3 is 2.65 bits per heavy atom. The second-order valence-corrected chi connectivity index (χ2v) is 3.87. The summed E-state index contributed by atoms with van der Waals surface area (Å²) in [6, 6.07) is 4.88. The van der Waals surface area contributed by atoms with Gasteiger partial charge in [0.15, 0.2) is 0 Å². The number of benzene rings is 1. The lowest BCUT2D eigenvalue weighted by Crippen LogP contribution is -2.04. The molecule has 1 unspecified atom stereocenters. The summed E-state index contributed by atoms with van der Waals surface area (Å²) in [5, 5.41) is 10.1. The summed E-state index contributed by atoms with van der Waals surface area (Å²) in [7, 11) is 0. The summed E-state index contributed by atoms with van der Waals surface area (Å²) in [6.45, 7) is 0. The van der Waals surface area contributed by atoms with E-state index in [9.17, 15) is 13.9 Å². The SMILES string of the molecule is OC(c1ccncc1F)c1cc(F)ccc1Cl. The van der Waals surface area contributed by atoms with Crippen molar-refractivity contribution in [1.82, 2.24) is 4.98 Å². The Balaban J connectivity index is 2.47. The van der Waals surface area contributed by atoms with E-state index in [0.29, 0.717) is 0 Å². The number of halogens is 3. The van der Waals surface area contributed by atoms with Gasteiger partial charge in [0.2, 0.25) is 0 Å². The molecule has 0 radical (unpaired) electrons. The average Bonchev–Trinajstić information content (AvgIpc) is 2.32. The molecule has 1 N–H and O–H groups in total. The summed E-state index contributed by atoms with van der Waals surface area (Å²) < 4.78 is 26.4. The molecule has 88 valence electrons. The first-order valence-electron chi connectivity index (χ1n) is 4.82. The molecule has 1 atom stereocenters. The summed E-state index contributed by atoms with van der Waals surface area (Å²) >= 11 is 5.83. The highest BCUT2D eigenvalue weighted by atomic mass is 35.5. The normalized spacial score (nSPS) is 12.5. The van der Waals surface area contributed by atoms with Gasteiger partial charge in [-0.25, -0.2) is 8.78 Å². The first-order valence-corrected chi connectivity index (χ1v) is 5.20. The maximum absolute atomic E-state index is 13.4. The van der Waals surface area contributed by atoms with Crippen LogP contribution in [-0.4, -0.2) is 10.1 Å². The Morgan fingerprint density at radius 2 is 1.94 bits per heavy atom. The van der Waals surface area contributed by atoms with E-state index in [-0.39, 0.29) is 16.1 Å². The quantitative estimate of drug-likeness (QED) is 0.895. The second-order valence-electron chi connectivity index (χ2n) is 3.47. The van der Waals surface area contributed by atoms with Gasteiger partial charge in [-0.05, 0) is 24.3 Å². The van der Waals surface area contributed by atoms with E-state index in [4.69, 9.17) is 11.6 Å². The number of aliphatic hydroxyl groups is 1. The zero-order valence-electron chi connectivity index (χ0n) is 8.57. The lowest BCUT2D eigenvalue weighted by Gasteiger charge is -2.13. The first-order chi connectivity index (χ1) is 8.09. The highest BCUT2D eigenvalue weighted by molar-refractivity contribution is 6.31. The smallest absolute Gasteiger partial charge is 0.147 e. The van der Waals surface area contributed by atoms with E-state index in [0.717, 1.165) is 12.3 Å². The summed E-state index contributed by atoms with van der Waals surface area (Å²) in [5.74, 6) is -1.21. The monoisotopic (exact) mass is 255 g/mol. The molecule has 2 aromatic rings. The van der Waals surface area contributed by atoms with Crippen LogP contribution in [-0.2, 0) is 0 Å². The molecule has 0 bridgehead atoms. The van der Waals surface area contributed by atoms with Gasteiger partial charge < -0.3 is 5.11 Å². The van der Waals surface area contributed by atoms with Crippen molar-refractivity contribution in [1.29, 1.82) is 0 Å². The van der Waals surface area contributed by atoms with Gasteiger partial charge in [0.25, 0.3) is 0 Å². The highest BCUT2D eigenvalue weighted by Crippen LogP contribution is 2.29. The molecule has 0 aliphatic heterocycles. The third kappa shape index (κ3) is 2.43. The zero-order valence-corrected chi connectivity index (χ0v) is 9.33. The topological polar surface area (TPSA) is 33.1 Å². The molecule has 0 aliphatic rings. The molecule has 1 aromatic heterocycles. The van der Waals surface area contributed by atoms with E-state index in [2.05, 4.69) is 4.98 Å². The first kappa shape index (κ1) is 12.0. The number of hydrogen-bond donors (Lipinski definition) is 1. The number of aromatic nitrogens is 1. The van der Waals surface area contributed by atoms with Crippen LogP contribution in [0.4, 0.5) is 8.78 Å². The van der Waals surface area contributed by atoms with Crippen LogP contribution in [0.3, 0.4) is 0 Å².